The van der Waals surface area contributed by atoms with E-state index in [9.17, 15) is 16.8 Å². The van der Waals surface area contributed by atoms with Crippen LogP contribution < -0.4 is 13.8 Å². The lowest BCUT2D eigenvalue weighted by Gasteiger charge is -2.28. The van der Waals surface area contributed by atoms with Gasteiger partial charge in [0, 0.05) is 12.2 Å². The predicted octanol–water partition coefficient (Wildman–Crippen LogP) is 4.30. The molecule has 1 N–H and O–H groups in total. The summed E-state index contributed by atoms with van der Waals surface area (Å²) in [5.74, 6) is 0.690. The maximum atomic E-state index is 13.1. The number of hydrogen-bond donors (Lipinski definition) is 1. The molecule has 0 spiro atoms. The van der Waals surface area contributed by atoms with Gasteiger partial charge in [-0.3, -0.25) is 9.03 Å². The molecule has 0 bridgehead atoms. The van der Waals surface area contributed by atoms with E-state index in [4.69, 9.17) is 4.74 Å². The van der Waals surface area contributed by atoms with Gasteiger partial charge in [0.25, 0.3) is 10.0 Å². The summed E-state index contributed by atoms with van der Waals surface area (Å²) < 4.78 is 60.7. The Morgan fingerprint density at radius 2 is 1.70 bits per heavy atom. The number of ether oxygens (including phenoxy) is 1. The van der Waals surface area contributed by atoms with Crippen LogP contribution in [-0.4, -0.2) is 29.1 Å². The minimum Gasteiger partial charge on any atom is -0.489 e. The van der Waals surface area contributed by atoms with E-state index in [1.54, 1.807) is 43.3 Å². The fourth-order valence-electron chi connectivity index (χ4n) is 3.68. The standard InChI is InChI=1S/C24H26N2O5S2/c1-19-9-12-22(26-15-5-6-16-32(26,27)28)17-24(19)33(29,30)25-21-10-13-23(14-11-21)31-18-20-7-3-2-4-8-20/h2-4,7-14,17,25H,5-6,15-16,18H2,1H3. The molecule has 3 aromatic rings. The lowest BCUT2D eigenvalue weighted by Crippen LogP contribution is -2.38. The number of aryl methyl sites for hydroxylation is 1. The highest BCUT2D eigenvalue weighted by Gasteiger charge is 2.28. The Balaban J connectivity index is 1.50. The highest BCUT2D eigenvalue weighted by atomic mass is 32.2. The van der Waals surface area contributed by atoms with Crippen LogP contribution in [0.1, 0.15) is 24.0 Å². The molecule has 0 radical (unpaired) electrons. The second-order valence-electron chi connectivity index (χ2n) is 7.95. The zero-order valence-electron chi connectivity index (χ0n) is 18.3. The van der Waals surface area contributed by atoms with Crippen molar-refractivity contribution in [1.82, 2.24) is 0 Å². The van der Waals surface area contributed by atoms with Crippen LogP contribution in [0.5, 0.6) is 5.75 Å². The maximum Gasteiger partial charge on any atom is 0.262 e. The fraction of sp³-hybridized carbons (Fsp3) is 0.250. The molecule has 1 fully saturated rings. The Morgan fingerprint density at radius 3 is 2.39 bits per heavy atom. The van der Waals surface area contributed by atoms with Crippen LogP contribution >= 0.6 is 0 Å². The Morgan fingerprint density at radius 1 is 0.970 bits per heavy atom. The summed E-state index contributed by atoms with van der Waals surface area (Å²) in [6.45, 7) is 2.45. The summed E-state index contributed by atoms with van der Waals surface area (Å²) in [4.78, 5) is 0.0465. The summed E-state index contributed by atoms with van der Waals surface area (Å²) in [6, 6.07) is 21.1. The third-order valence-corrected chi connectivity index (χ3v) is 8.85. The Labute approximate surface area is 195 Å². The molecule has 0 atom stereocenters. The molecule has 1 aliphatic rings. The number of nitrogens with zero attached hydrogens (tertiary/aromatic N) is 1. The van der Waals surface area contributed by atoms with Gasteiger partial charge >= 0.3 is 0 Å². The lowest BCUT2D eigenvalue weighted by atomic mass is 10.2. The van der Waals surface area contributed by atoms with Gasteiger partial charge in [0.15, 0.2) is 0 Å². The molecule has 33 heavy (non-hydrogen) atoms. The van der Waals surface area contributed by atoms with Crippen molar-refractivity contribution in [1.29, 1.82) is 0 Å². The number of nitrogens with one attached hydrogen (secondary N) is 1. The van der Waals surface area contributed by atoms with Crippen LogP contribution in [0.25, 0.3) is 0 Å². The van der Waals surface area contributed by atoms with Gasteiger partial charge in [-0.05, 0) is 67.3 Å². The van der Waals surface area contributed by atoms with Gasteiger partial charge in [-0.25, -0.2) is 16.8 Å². The molecule has 0 aliphatic carbocycles. The van der Waals surface area contributed by atoms with Gasteiger partial charge in [-0.2, -0.15) is 0 Å². The van der Waals surface area contributed by atoms with Gasteiger partial charge in [0.05, 0.1) is 16.3 Å². The molecule has 174 valence electrons. The molecule has 4 rings (SSSR count). The van der Waals surface area contributed by atoms with Crippen molar-refractivity contribution in [3.8, 4) is 5.75 Å². The molecular weight excluding hydrogens is 460 g/mol. The number of sulfonamides is 2. The molecule has 0 amide bonds. The largest absolute Gasteiger partial charge is 0.489 e. The summed E-state index contributed by atoms with van der Waals surface area (Å²) in [5, 5.41) is 0. The van der Waals surface area contributed by atoms with Gasteiger partial charge in [0.2, 0.25) is 10.0 Å². The van der Waals surface area contributed by atoms with E-state index in [0.717, 1.165) is 12.0 Å². The van der Waals surface area contributed by atoms with Gasteiger partial charge in [0.1, 0.15) is 12.4 Å². The first-order valence-electron chi connectivity index (χ1n) is 10.7. The zero-order chi connectivity index (χ0) is 23.5. The molecule has 0 unspecified atom stereocenters. The molecule has 1 aliphatic heterocycles. The molecule has 9 heteroatoms. The van der Waals surface area contributed by atoms with E-state index < -0.39 is 20.0 Å². The topological polar surface area (TPSA) is 92.8 Å². The second kappa shape index (κ2) is 9.44. The third kappa shape index (κ3) is 5.48. The zero-order valence-corrected chi connectivity index (χ0v) is 19.9. The highest BCUT2D eigenvalue weighted by molar-refractivity contribution is 7.93. The smallest absolute Gasteiger partial charge is 0.262 e. The average Bonchev–Trinajstić information content (AvgIpc) is 2.79. The van der Waals surface area contributed by atoms with Crippen molar-refractivity contribution in [3.63, 3.8) is 0 Å². The monoisotopic (exact) mass is 486 g/mol. The third-order valence-electron chi connectivity index (χ3n) is 5.45. The number of benzene rings is 3. The van der Waals surface area contributed by atoms with Crippen molar-refractivity contribution < 1.29 is 21.6 Å². The number of rotatable bonds is 7. The van der Waals surface area contributed by atoms with Crippen molar-refractivity contribution in [2.75, 3.05) is 21.3 Å². The van der Waals surface area contributed by atoms with E-state index in [2.05, 4.69) is 4.72 Å². The summed E-state index contributed by atoms with van der Waals surface area (Å²) in [6.07, 6.45) is 1.36. The SMILES string of the molecule is Cc1ccc(N2CCCCS2(=O)=O)cc1S(=O)(=O)Nc1ccc(OCc2ccccc2)cc1. The fourth-order valence-corrected chi connectivity index (χ4v) is 6.64. The number of anilines is 2. The van der Waals surface area contributed by atoms with Crippen LogP contribution in [0.4, 0.5) is 11.4 Å². The van der Waals surface area contributed by atoms with Crippen molar-refractivity contribution in [2.24, 2.45) is 0 Å². The van der Waals surface area contributed by atoms with Crippen molar-refractivity contribution in [3.05, 3.63) is 83.9 Å². The summed E-state index contributed by atoms with van der Waals surface area (Å²) in [5.41, 5.74) is 2.32. The lowest BCUT2D eigenvalue weighted by molar-refractivity contribution is 0.306. The predicted molar refractivity (Wildman–Crippen MR) is 130 cm³/mol. The summed E-state index contributed by atoms with van der Waals surface area (Å²) >= 11 is 0. The first-order chi connectivity index (χ1) is 15.7. The van der Waals surface area contributed by atoms with E-state index in [-0.39, 0.29) is 10.6 Å². The van der Waals surface area contributed by atoms with E-state index in [1.807, 2.05) is 30.3 Å². The molecule has 1 heterocycles. The Bertz CT molecular complexity index is 1320. The molecule has 0 saturated carbocycles. The first kappa shape index (κ1) is 23.1. The normalized spacial score (nSPS) is 15.7. The molecule has 0 aromatic heterocycles. The van der Waals surface area contributed by atoms with Crippen LogP contribution in [0.15, 0.2) is 77.7 Å². The van der Waals surface area contributed by atoms with Gasteiger partial charge in [-0.1, -0.05) is 36.4 Å². The minimum atomic E-state index is -3.92. The van der Waals surface area contributed by atoms with Crippen LogP contribution in [0.3, 0.4) is 0 Å². The van der Waals surface area contributed by atoms with Crippen LogP contribution in [0, 0.1) is 6.92 Å². The second-order valence-corrected chi connectivity index (χ2v) is 11.6. The molecule has 1 saturated heterocycles. The number of hydrogen-bond acceptors (Lipinski definition) is 5. The van der Waals surface area contributed by atoms with Crippen LogP contribution in [-0.2, 0) is 26.7 Å². The minimum absolute atomic E-state index is 0.0465. The van der Waals surface area contributed by atoms with Crippen molar-refractivity contribution >= 4 is 31.4 Å². The molecule has 3 aromatic carbocycles. The van der Waals surface area contributed by atoms with E-state index in [1.165, 1.54) is 10.4 Å². The first-order valence-corrected chi connectivity index (χ1v) is 13.7. The van der Waals surface area contributed by atoms with E-state index in [0.29, 0.717) is 42.3 Å². The summed E-state index contributed by atoms with van der Waals surface area (Å²) in [7, 11) is -7.36. The average molecular weight is 487 g/mol. The Kier molecular flexibility index (Phi) is 6.62. The van der Waals surface area contributed by atoms with Gasteiger partial charge in [-0.15, -0.1) is 0 Å². The molecule has 7 nitrogen and oxygen atoms in total. The maximum absolute atomic E-state index is 13.1. The van der Waals surface area contributed by atoms with Crippen molar-refractivity contribution in [2.45, 2.75) is 31.3 Å². The van der Waals surface area contributed by atoms with Gasteiger partial charge < -0.3 is 4.74 Å². The van der Waals surface area contributed by atoms with Crippen LogP contribution in [0.2, 0.25) is 0 Å². The molecular formula is C24H26N2O5S2. The quantitative estimate of drug-likeness (QED) is 0.537. The Hall–Kier alpha value is -3.04. The van der Waals surface area contributed by atoms with E-state index >= 15 is 0 Å². The highest BCUT2D eigenvalue weighted by Crippen LogP contribution is 2.29.